The first-order valence-corrected chi connectivity index (χ1v) is 10.1. The van der Waals surface area contributed by atoms with Gasteiger partial charge in [0.1, 0.15) is 5.54 Å². The topological polar surface area (TPSA) is 99.5 Å². The van der Waals surface area contributed by atoms with E-state index < -0.39 is 15.6 Å². The van der Waals surface area contributed by atoms with Crippen molar-refractivity contribution in [2.45, 2.75) is 12.5 Å². The number of nitrogens with two attached hydrogens (primary N) is 1. The van der Waals surface area contributed by atoms with Crippen LogP contribution in [0.1, 0.15) is 17.4 Å². The highest BCUT2D eigenvalue weighted by molar-refractivity contribution is 7.89. The lowest BCUT2D eigenvalue weighted by atomic mass is 10.00. The van der Waals surface area contributed by atoms with E-state index in [1.807, 2.05) is 11.4 Å². The molecule has 0 aliphatic carbocycles. The van der Waals surface area contributed by atoms with Crippen molar-refractivity contribution < 1.29 is 8.42 Å². The highest BCUT2D eigenvalue weighted by atomic mass is 35.5. The molecule has 1 atom stereocenters. The Morgan fingerprint density at radius 2 is 2.20 bits per heavy atom. The van der Waals surface area contributed by atoms with Gasteiger partial charge in [0.2, 0.25) is 16.0 Å². The number of guanidine groups is 1. The molecular weight excluding hydrogens is 380 g/mol. The van der Waals surface area contributed by atoms with Crippen molar-refractivity contribution in [3.05, 3.63) is 45.1 Å². The van der Waals surface area contributed by atoms with E-state index in [1.165, 1.54) is 18.4 Å². The molecule has 130 valence electrons. The third-order valence-electron chi connectivity index (χ3n) is 4.09. The molecule has 0 amide bonds. The second kappa shape index (κ2) is 6.02. The summed E-state index contributed by atoms with van der Waals surface area (Å²) in [4.78, 5) is 5.01. The van der Waals surface area contributed by atoms with Crippen molar-refractivity contribution in [2.75, 3.05) is 12.8 Å². The quantitative estimate of drug-likeness (QED) is 0.846. The summed E-state index contributed by atoms with van der Waals surface area (Å²) >= 11 is 7.90. The molecule has 0 bridgehead atoms. The number of nitriles is 1. The van der Waals surface area contributed by atoms with Crippen LogP contribution in [0.4, 0.5) is 0 Å². The van der Waals surface area contributed by atoms with Crippen molar-refractivity contribution in [2.24, 2.45) is 10.7 Å². The number of aliphatic imine (C=N–C) groups is 1. The van der Waals surface area contributed by atoms with Gasteiger partial charge in [-0.2, -0.15) is 5.26 Å². The summed E-state index contributed by atoms with van der Waals surface area (Å²) in [5.74, 6) is -0.277. The molecule has 0 saturated carbocycles. The van der Waals surface area contributed by atoms with Gasteiger partial charge in [0.25, 0.3) is 0 Å². The lowest BCUT2D eigenvalue weighted by Crippen LogP contribution is -2.50. The van der Waals surface area contributed by atoms with Crippen molar-refractivity contribution in [3.63, 3.8) is 0 Å². The minimum absolute atomic E-state index is 0.0637. The maximum atomic E-state index is 12.3. The number of benzene rings is 1. The molecule has 9 heteroatoms. The molecular formula is C16H15ClN4O2S2. The maximum Gasteiger partial charge on any atom is 0.239 e. The first-order valence-electron chi connectivity index (χ1n) is 7.28. The fourth-order valence-electron chi connectivity index (χ4n) is 2.72. The second-order valence-electron chi connectivity index (χ2n) is 5.95. The summed E-state index contributed by atoms with van der Waals surface area (Å²) in [6, 6.07) is 9.17. The lowest BCUT2D eigenvalue weighted by Gasteiger charge is -2.33. The van der Waals surface area contributed by atoms with Gasteiger partial charge >= 0.3 is 0 Å². The molecule has 0 unspecified atom stereocenters. The molecule has 1 aromatic carbocycles. The van der Waals surface area contributed by atoms with Crippen molar-refractivity contribution in [1.82, 2.24) is 4.31 Å². The maximum absolute atomic E-state index is 12.3. The summed E-state index contributed by atoms with van der Waals surface area (Å²) in [7, 11) is -2.19. The zero-order valence-electron chi connectivity index (χ0n) is 13.5. The Kier molecular flexibility index (Phi) is 4.27. The minimum Gasteiger partial charge on any atom is -0.369 e. The third-order valence-corrected chi connectivity index (χ3v) is 7.77. The highest BCUT2D eigenvalue weighted by Crippen LogP contribution is 2.44. The fraction of sp³-hybridized carbons (Fsp3) is 0.250. The van der Waals surface area contributed by atoms with E-state index >= 15 is 0 Å². The summed E-state index contributed by atoms with van der Waals surface area (Å²) in [5.41, 5.74) is 6.80. The van der Waals surface area contributed by atoms with Crippen LogP contribution in [0.2, 0.25) is 5.02 Å². The largest absolute Gasteiger partial charge is 0.369 e. The second-order valence-corrected chi connectivity index (χ2v) is 9.21. The van der Waals surface area contributed by atoms with Gasteiger partial charge in [-0.25, -0.2) is 17.7 Å². The van der Waals surface area contributed by atoms with Gasteiger partial charge in [-0.1, -0.05) is 23.7 Å². The van der Waals surface area contributed by atoms with Crippen LogP contribution in [0, 0.1) is 11.3 Å². The average molecular weight is 395 g/mol. The van der Waals surface area contributed by atoms with E-state index in [4.69, 9.17) is 22.6 Å². The van der Waals surface area contributed by atoms with Crippen molar-refractivity contribution in [1.29, 1.82) is 5.26 Å². The van der Waals surface area contributed by atoms with E-state index in [0.717, 1.165) is 15.4 Å². The van der Waals surface area contributed by atoms with Crippen LogP contribution in [-0.2, 0) is 15.6 Å². The first kappa shape index (κ1) is 17.7. The average Bonchev–Trinajstić information content (AvgIpc) is 2.94. The Morgan fingerprint density at radius 3 is 2.84 bits per heavy atom. The Labute approximate surface area is 155 Å². The number of thiophene rings is 1. The van der Waals surface area contributed by atoms with Crippen LogP contribution in [0.5, 0.6) is 0 Å². The van der Waals surface area contributed by atoms with Gasteiger partial charge in [0, 0.05) is 18.0 Å². The van der Waals surface area contributed by atoms with Gasteiger partial charge in [0.05, 0.1) is 27.3 Å². The summed E-state index contributed by atoms with van der Waals surface area (Å²) in [6.45, 7) is 1.71. The molecule has 0 fully saturated rings. The molecule has 2 heterocycles. The molecule has 0 radical (unpaired) electrons. The Morgan fingerprint density at radius 1 is 1.48 bits per heavy atom. The smallest absolute Gasteiger partial charge is 0.239 e. The monoisotopic (exact) mass is 394 g/mol. The number of nitrogens with zero attached hydrogens (tertiary/aromatic N) is 3. The predicted octanol–water partition coefficient (Wildman–Crippen LogP) is 2.75. The number of hydrogen-bond donors (Lipinski definition) is 1. The molecule has 25 heavy (non-hydrogen) atoms. The molecule has 6 nitrogen and oxygen atoms in total. The van der Waals surface area contributed by atoms with Crippen LogP contribution in [-0.4, -0.2) is 31.5 Å². The number of hydrogen-bond acceptors (Lipinski definition) is 6. The van der Waals surface area contributed by atoms with Gasteiger partial charge in [-0.3, -0.25) is 0 Å². The van der Waals surface area contributed by atoms with E-state index in [2.05, 4.69) is 11.1 Å². The van der Waals surface area contributed by atoms with Crippen molar-refractivity contribution >= 4 is 38.9 Å². The van der Waals surface area contributed by atoms with E-state index in [9.17, 15) is 8.42 Å². The highest BCUT2D eigenvalue weighted by Gasteiger charge is 2.42. The zero-order valence-corrected chi connectivity index (χ0v) is 15.9. The van der Waals surface area contributed by atoms with E-state index in [-0.39, 0.29) is 11.7 Å². The Bertz CT molecular complexity index is 1020. The van der Waals surface area contributed by atoms with Gasteiger partial charge < -0.3 is 5.73 Å². The molecule has 1 aliphatic rings. The lowest BCUT2D eigenvalue weighted by molar-refractivity contribution is 0.482. The zero-order chi connectivity index (χ0) is 18.4. The summed E-state index contributed by atoms with van der Waals surface area (Å²) in [6.07, 6.45) is 0. The standard InChI is InChI=1S/C16H15ClN4O2S2/c1-16(9-25(22,23)21(2)15(19)20-16)14-13(17)12(8-24-14)11-5-3-4-10(6-11)7-18/h3-6,8H,9H2,1-2H3,(H2,19,20)/t16-/m0/s1. The number of sulfonamides is 1. The molecule has 3 rings (SSSR count). The summed E-state index contributed by atoms with van der Waals surface area (Å²) < 4.78 is 25.7. The van der Waals surface area contributed by atoms with Crippen LogP contribution < -0.4 is 5.73 Å². The molecule has 1 aromatic heterocycles. The van der Waals surface area contributed by atoms with Gasteiger partial charge in [0.15, 0.2) is 0 Å². The van der Waals surface area contributed by atoms with Gasteiger partial charge in [-0.15, -0.1) is 11.3 Å². The normalized spacial score (nSPS) is 22.3. The Hall–Kier alpha value is -2.08. The SMILES string of the molecule is CN1C(N)=N[C@](C)(c2scc(-c3cccc(C#N)c3)c2Cl)CS1(=O)=O. The fourth-order valence-corrected chi connectivity index (χ4v) is 5.89. The minimum atomic E-state index is -3.57. The number of rotatable bonds is 2. The predicted molar refractivity (Wildman–Crippen MR) is 100 cm³/mol. The van der Waals surface area contributed by atoms with E-state index in [1.54, 1.807) is 25.1 Å². The van der Waals surface area contributed by atoms with Crippen LogP contribution in [0.3, 0.4) is 0 Å². The first-order chi connectivity index (χ1) is 11.7. The van der Waals surface area contributed by atoms with Crippen LogP contribution in [0.25, 0.3) is 11.1 Å². The van der Waals surface area contributed by atoms with E-state index in [0.29, 0.717) is 15.5 Å². The van der Waals surface area contributed by atoms with Gasteiger partial charge in [-0.05, 0) is 24.6 Å². The van der Waals surface area contributed by atoms with Crippen LogP contribution >= 0.6 is 22.9 Å². The molecule has 0 saturated heterocycles. The van der Waals surface area contributed by atoms with Crippen LogP contribution in [0.15, 0.2) is 34.6 Å². The Balaban J connectivity index is 2.12. The summed E-state index contributed by atoms with van der Waals surface area (Å²) in [5, 5.41) is 11.3. The molecule has 0 spiro atoms. The number of halogens is 1. The van der Waals surface area contributed by atoms with Crippen molar-refractivity contribution in [3.8, 4) is 17.2 Å². The molecule has 1 aliphatic heterocycles. The molecule has 2 N–H and O–H groups in total. The molecule has 2 aromatic rings. The third kappa shape index (κ3) is 2.99.